The molecule has 0 aromatic carbocycles. The van der Waals surface area contributed by atoms with Crippen molar-refractivity contribution in [2.75, 3.05) is 7.11 Å². The molecule has 70 valence electrons. The van der Waals surface area contributed by atoms with Crippen molar-refractivity contribution >= 4 is 5.97 Å². The summed E-state index contributed by atoms with van der Waals surface area (Å²) in [4.78, 5) is 14.1. The first-order chi connectivity index (χ1) is 6.15. The van der Waals surface area contributed by atoms with Gasteiger partial charge in [-0.25, -0.2) is 8.78 Å². The maximum atomic E-state index is 12.9. The first-order valence-electron chi connectivity index (χ1n) is 3.50. The van der Waals surface area contributed by atoms with Crippen LogP contribution in [-0.2, 0) is 16.0 Å². The summed E-state index contributed by atoms with van der Waals surface area (Å²) in [5, 5.41) is 0. The van der Waals surface area contributed by atoms with Gasteiger partial charge in [-0.1, -0.05) is 0 Å². The molecular weight excluding hydrogens is 180 g/mol. The Bertz CT molecular complexity index is 328. The molecule has 0 fully saturated rings. The molecule has 0 aliphatic rings. The number of hydrogen-bond donors (Lipinski definition) is 0. The number of aromatic nitrogens is 1. The highest BCUT2D eigenvalue weighted by Crippen LogP contribution is 2.10. The molecule has 0 radical (unpaired) electrons. The van der Waals surface area contributed by atoms with Gasteiger partial charge in [0.15, 0.2) is 11.6 Å². The number of carbonyl (C=O) groups is 1. The van der Waals surface area contributed by atoms with E-state index in [1.54, 1.807) is 0 Å². The Labute approximate surface area is 73.4 Å². The van der Waals surface area contributed by atoms with E-state index >= 15 is 0 Å². The smallest absolute Gasteiger partial charge is 0.310 e. The lowest BCUT2D eigenvalue weighted by molar-refractivity contribution is -0.139. The number of pyridine rings is 1. The maximum Gasteiger partial charge on any atom is 0.310 e. The third-order valence-corrected chi connectivity index (χ3v) is 1.47. The Kier molecular flexibility index (Phi) is 2.89. The third-order valence-electron chi connectivity index (χ3n) is 1.47. The number of nitrogens with zero attached hydrogens (tertiary/aromatic N) is 1. The van der Waals surface area contributed by atoms with E-state index in [1.165, 1.54) is 7.11 Å². The molecule has 1 rings (SSSR count). The number of methoxy groups -OCH3 is 1. The van der Waals surface area contributed by atoms with Crippen molar-refractivity contribution in [3.05, 3.63) is 29.6 Å². The number of esters is 1. The zero-order valence-corrected chi connectivity index (χ0v) is 6.88. The zero-order valence-electron chi connectivity index (χ0n) is 6.88. The van der Waals surface area contributed by atoms with Crippen molar-refractivity contribution < 1.29 is 18.3 Å². The highest BCUT2D eigenvalue weighted by atomic mass is 19.2. The largest absolute Gasteiger partial charge is 0.469 e. The first kappa shape index (κ1) is 9.57. The fourth-order valence-electron chi connectivity index (χ4n) is 0.810. The van der Waals surface area contributed by atoms with Gasteiger partial charge in [-0.2, -0.15) is 0 Å². The van der Waals surface area contributed by atoms with Gasteiger partial charge in [-0.15, -0.1) is 0 Å². The SMILES string of the molecule is COC(=O)Cc1cncc(F)c1F. The van der Waals surface area contributed by atoms with Crippen molar-refractivity contribution in [3.63, 3.8) is 0 Å². The van der Waals surface area contributed by atoms with E-state index in [0.717, 1.165) is 12.4 Å². The quantitative estimate of drug-likeness (QED) is 0.650. The number of hydrogen-bond acceptors (Lipinski definition) is 3. The molecule has 0 spiro atoms. The minimum atomic E-state index is -1.07. The second-order valence-electron chi connectivity index (χ2n) is 2.35. The third kappa shape index (κ3) is 2.21. The molecule has 0 bridgehead atoms. The average molecular weight is 187 g/mol. The van der Waals surface area contributed by atoms with Crippen LogP contribution in [0.4, 0.5) is 8.78 Å². The van der Waals surface area contributed by atoms with Crippen LogP contribution in [0.1, 0.15) is 5.56 Å². The van der Waals surface area contributed by atoms with Crippen LogP contribution in [-0.4, -0.2) is 18.1 Å². The van der Waals surface area contributed by atoms with Crippen LogP contribution in [0.15, 0.2) is 12.4 Å². The van der Waals surface area contributed by atoms with Gasteiger partial charge in [0.25, 0.3) is 0 Å². The van der Waals surface area contributed by atoms with Crippen LogP contribution in [0.2, 0.25) is 0 Å². The van der Waals surface area contributed by atoms with Crippen molar-refractivity contribution in [3.8, 4) is 0 Å². The van der Waals surface area contributed by atoms with Crippen LogP contribution in [0, 0.1) is 11.6 Å². The highest BCUT2D eigenvalue weighted by Gasteiger charge is 2.11. The van der Waals surface area contributed by atoms with Gasteiger partial charge in [0.1, 0.15) is 0 Å². The molecule has 1 aromatic heterocycles. The number of rotatable bonds is 2. The van der Waals surface area contributed by atoms with Gasteiger partial charge in [0, 0.05) is 11.8 Å². The fourth-order valence-corrected chi connectivity index (χ4v) is 0.810. The van der Waals surface area contributed by atoms with E-state index < -0.39 is 17.6 Å². The van der Waals surface area contributed by atoms with Gasteiger partial charge in [-0.05, 0) is 0 Å². The molecule has 1 heterocycles. The molecule has 0 unspecified atom stereocenters. The van der Waals surface area contributed by atoms with Crippen LogP contribution in [0.3, 0.4) is 0 Å². The minimum Gasteiger partial charge on any atom is -0.469 e. The van der Waals surface area contributed by atoms with Crippen LogP contribution < -0.4 is 0 Å². The molecule has 0 aliphatic heterocycles. The summed E-state index contributed by atoms with van der Waals surface area (Å²) in [5.74, 6) is -2.76. The van der Waals surface area contributed by atoms with E-state index in [9.17, 15) is 13.6 Å². The summed E-state index contributed by atoms with van der Waals surface area (Å²) in [7, 11) is 1.17. The molecule has 0 N–H and O–H groups in total. The summed E-state index contributed by atoms with van der Waals surface area (Å²) in [6.45, 7) is 0. The van der Waals surface area contributed by atoms with E-state index in [-0.39, 0.29) is 12.0 Å². The molecular formula is C8H7F2NO2. The molecule has 0 saturated heterocycles. The van der Waals surface area contributed by atoms with Gasteiger partial charge in [0.05, 0.1) is 19.7 Å². The van der Waals surface area contributed by atoms with Gasteiger partial charge in [0.2, 0.25) is 0 Å². The van der Waals surface area contributed by atoms with E-state index in [1.807, 2.05) is 0 Å². The lowest BCUT2D eigenvalue weighted by Crippen LogP contribution is -2.07. The molecule has 0 atom stereocenters. The predicted molar refractivity (Wildman–Crippen MR) is 39.9 cm³/mol. The van der Waals surface area contributed by atoms with Crippen LogP contribution in [0.5, 0.6) is 0 Å². The molecule has 0 saturated carbocycles. The topological polar surface area (TPSA) is 39.2 Å². The summed E-state index contributed by atoms with van der Waals surface area (Å²) in [6.07, 6.45) is 1.53. The Morgan fingerprint density at radius 1 is 1.54 bits per heavy atom. The monoisotopic (exact) mass is 187 g/mol. The first-order valence-corrected chi connectivity index (χ1v) is 3.50. The molecule has 1 aromatic rings. The van der Waals surface area contributed by atoms with E-state index in [4.69, 9.17) is 0 Å². The van der Waals surface area contributed by atoms with Crippen molar-refractivity contribution in [1.29, 1.82) is 0 Å². The normalized spacial score (nSPS) is 9.77. The molecule has 0 amide bonds. The Morgan fingerprint density at radius 2 is 2.23 bits per heavy atom. The second-order valence-corrected chi connectivity index (χ2v) is 2.35. The van der Waals surface area contributed by atoms with Gasteiger partial charge >= 0.3 is 5.97 Å². The van der Waals surface area contributed by atoms with Gasteiger partial charge in [-0.3, -0.25) is 9.78 Å². The summed E-state index contributed by atoms with van der Waals surface area (Å²) < 4.78 is 29.7. The summed E-state index contributed by atoms with van der Waals surface area (Å²) in [6, 6.07) is 0. The lowest BCUT2D eigenvalue weighted by Gasteiger charge is -2.00. The lowest BCUT2D eigenvalue weighted by atomic mass is 10.2. The zero-order chi connectivity index (χ0) is 9.84. The Morgan fingerprint density at radius 3 is 2.85 bits per heavy atom. The molecule has 13 heavy (non-hydrogen) atoms. The van der Waals surface area contributed by atoms with Crippen molar-refractivity contribution in [2.24, 2.45) is 0 Å². The number of halogens is 2. The van der Waals surface area contributed by atoms with Crippen molar-refractivity contribution in [1.82, 2.24) is 4.98 Å². The van der Waals surface area contributed by atoms with E-state index in [2.05, 4.69) is 9.72 Å². The van der Waals surface area contributed by atoms with Crippen LogP contribution >= 0.6 is 0 Å². The number of ether oxygens (including phenoxy) is 1. The van der Waals surface area contributed by atoms with Gasteiger partial charge < -0.3 is 4.74 Å². The maximum absolute atomic E-state index is 12.9. The standard InChI is InChI=1S/C8H7F2NO2/c1-13-7(12)2-5-3-11-4-6(9)8(5)10/h3-4H,2H2,1H3. The minimum absolute atomic E-state index is 0.105. The predicted octanol–water partition coefficient (Wildman–Crippen LogP) is 1.08. The molecule has 0 aliphatic carbocycles. The second kappa shape index (κ2) is 3.93. The fraction of sp³-hybridized carbons (Fsp3) is 0.250. The highest BCUT2D eigenvalue weighted by molar-refractivity contribution is 5.72. The Balaban J connectivity index is 2.89. The molecule has 5 heteroatoms. The van der Waals surface area contributed by atoms with E-state index in [0.29, 0.717) is 0 Å². The van der Waals surface area contributed by atoms with Crippen LogP contribution in [0.25, 0.3) is 0 Å². The average Bonchev–Trinajstić information content (AvgIpc) is 2.13. The Hall–Kier alpha value is -1.52. The summed E-state index contributed by atoms with van der Waals surface area (Å²) in [5.41, 5.74) is -0.105. The van der Waals surface area contributed by atoms with Crippen molar-refractivity contribution in [2.45, 2.75) is 6.42 Å². The summed E-state index contributed by atoms with van der Waals surface area (Å²) >= 11 is 0. The molecule has 3 nitrogen and oxygen atoms in total. The number of carbonyl (C=O) groups excluding carboxylic acids is 1.